The molecule has 8 heteroatoms. The Balaban J connectivity index is 1.46. The Hall–Kier alpha value is -3.68. The van der Waals surface area contributed by atoms with Crippen molar-refractivity contribution in [2.45, 2.75) is 0 Å². The average molecular weight is 399 g/mol. The number of halogens is 2. The number of rotatable bonds is 8. The number of nitrogens with zero attached hydrogens (tertiary/aromatic N) is 1. The minimum Gasteiger partial charge on any atom is -0.497 e. The fourth-order valence-corrected chi connectivity index (χ4v) is 2.43. The summed E-state index contributed by atoms with van der Waals surface area (Å²) in [5.41, 5.74) is 0.446. The third kappa shape index (κ3) is 5.65. The predicted molar refractivity (Wildman–Crippen MR) is 106 cm³/mol. The summed E-state index contributed by atoms with van der Waals surface area (Å²) in [4.78, 5) is 16.3. The molecular weight excluding hydrogens is 380 g/mol. The first-order valence-electron chi connectivity index (χ1n) is 8.78. The molecule has 0 aliphatic heterocycles. The quantitative estimate of drug-likeness (QED) is 0.558. The van der Waals surface area contributed by atoms with E-state index in [4.69, 9.17) is 9.47 Å². The molecule has 0 fully saturated rings. The summed E-state index contributed by atoms with van der Waals surface area (Å²) in [5, 5.41) is 5.57. The van der Waals surface area contributed by atoms with Gasteiger partial charge in [-0.1, -0.05) is 0 Å². The highest BCUT2D eigenvalue weighted by Crippen LogP contribution is 2.17. The second kappa shape index (κ2) is 9.50. The molecular formula is C21H19F2N3O3. The van der Waals surface area contributed by atoms with Crippen molar-refractivity contribution in [1.82, 2.24) is 4.98 Å². The van der Waals surface area contributed by atoms with Crippen LogP contribution in [0, 0.1) is 11.6 Å². The summed E-state index contributed by atoms with van der Waals surface area (Å²) in [6.07, 6.45) is 1.39. The predicted octanol–water partition coefficient (Wildman–Crippen LogP) is 4.11. The van der Waals surface area contributed by atoms with Crippen molar-refractivity contribution in [2.75, 3.05) is 30.9 Å². The minimum absolute atomic E-state index is 0.159. The molecule has 3 aromatic rings. The lowest BCUT2D eigenvalue weighted by molar-refractivity contribution is 0.102. The third-order valence-electron chi connectivity index (χ3n) is 3.94. The van der Waals surface area contributed by atoms with E-state index in [9.17, 15) is 13.6 Å². The lowest BCUT2D eigenvalue weighted by atomic mass is 10.2. The highest BCUT2D eigenvalue weighted by Gasteiger charge is 2.09. The number of ether oxygens (including phenoxy) is 2. The summed E-state index contributed by atoms with van der Waals surface area (Å²) in [7, 11) is 1.60. The van der Waals surface area contributed by atoms with Crippen LogP contribution in [0.2, 0.25) is 0 Å². The molecule has 0 bridgehead atoms. The molecule has 1 aromatic heterocycles. The van der Waals surface area contributed by atoms with Crippen LogP contribution in [-0.4, -0.2) is 31.2 Å². The maximum absolute atomic E-state index is 13.2. The van der Waals surface area contributed by atoms with Crippen LogP contribution in [0.3, 0.4) is 0 Å². The van der Waals surface area contributed by atoms with Gasteiger partial charge < -0.3 is 20.1 Å². The number of nitrogens with one attached hydrogen (secondary N) is 2. The van der Waals surface area contributed by atoms with Gasteiger partial charge in [-0.3, -0.25) is 4.79 Å². The summed E-state index contributed by atoms with van der Waals surface area (Å²) in [5.74, 6) is -0.419. The Kier molecular flexibility index (Phi) is 6.57. The largest absolute Gasteiger partial charge is 0.497 e. The second-order valence-electron chi connectivity index (χ2n) is 5.97. The molecule has 1 heterocycles. The number of carbonyl (C=O) groups is 1. The van der Waals surface area contributed by atoms with Gasteiger partial charge in [0.1, 0.15) is 23.9 Å². The van der Waals surface area contributed by atoms with Gasteiger partial charge in [-0.05, 0) is 48.5 Å². The lowest BCUT2D eigenvalue weighted by Gasteiger charge is -2.09. The Morgan fingerprint density at radius 3 is 2.41 bits per heavy atom. The van der Waals surface area contributed by atoms with E-state index in [1.807, 2.05) is 24.3 Å². The Morgan fingerprint density at radius 2 is 1.76 bits per heavy atom. The topological polar surface area (TPSA) is 72.5 Å². The maximum atomic E-state index is 13.2. The first-order chi connectivity index (χ1) is 14.0. The number of hydrogen-bond acceptors (Lipinski definition) is 5. The Morgan fingerprint density at radius 1 is 1.00 bits per heavy atom. The van der Waals surface area contributed by atoms with Gasteiger partial charge in [-0.25, -0.2) is 13.8 Å². The van der Waals surface area contributed by atoms with E-state index < -0.39 is 17.5 Å². The average Bonchev–Trinajstić information content (AvgIpc) is 2.74. The number of anilines is 2. The number of amides is 1. The summed E-state index contributed by atoms with van der Waals surface area (Å²) < 4.78 is 36.8. The van der Waals surface area contributed by atoms with Gasteiger partial charge in [-0.2, -0.15) is 0 Å². The van der Waals surface area contributed by atoms with Crippen LogP contribution in [0.25, 0.3) is 0 Å². The van der Waals surface area contributed by atoms with Crippen LogP contribution in [0.5, 0.6) is 11.5 Å². The fourth-order valence-electron chi connectivity index (χ4n) is 2.43. The second-order valence-corrected chi connectivity index (χ2v) is 5.97. The Labute approximate surface area is 166 Å². The highest BCUT2D eigenvalue weighted by molar-refractivity contribution is 6.04. The zero-order chi connectivity index (χ0) is 20.6. The molecule has 3 rings (SSSR count). The smallest absolute Gasteiger partial charge is 0.257 e. The van der Waals surface area contributed by atoms with Gasteiger partial charge in [-0.15, -0.1) is 0 Å². The summed E-state index contributed by atoms with van der Waals surface area (Å²) in [6.45, 7) is 0.936. The van der Waals surface area contributed by atoms with E-state index in [0.29, 0.717) is 19.0 Å². The summed E-state index contributed by atoms with van der Waals surface area (Å²) >= 11 is 0. The molecule has 0 saturated heterocycles. The first-order valence-corrected chi connectivity index (χ1v) is 8.78. The van der Waals surface area contributed by atoms with Gasteiger partial charge in [0.05, 0.1) is 19.2 Å². The fraction of sp³-hybridized carbons (Fsp3) is 0.143. The molecule has 0 unspecified atom stereocenters. The van der Waals surface area contributed by atoms with Crippen LogP contribution in [0.15, 0.2) is 60.8 Å². The number of methoxy groups -OCH3 is 1. The standard InChI is InChI=1S/C21H19F2N3O3/c1-28-16-4-6-17(7-5-16)29-11-10-24-20-9-2-14(13-25-20)21(27)26-15-3-8-18(22)19(23)12-15/h2-9,12-13H,10-11H2,1H3,(H,24,25)(H,26,27). The van der Waals surface area contributed by atoms with Crippen LogP contribution in [0.1, 0.15) is 10.4 Å². The normalized spacial score (nSPS) is 10.3. The first kappa shape index (κ1) is 20.1. The molecule has 2 aromatic carbocycles. The summed E-state index contributed by atoms with van der Waals surface area (Å²) in [6, 6.07) is 13.6. The molecule has 0 spiro atoms. The molecule has 0 radical (unpaired) electrons. The van der Waals surface area contributed by atoms with Crippen molar-refractivity contribution in [2.24, 2.45) is 0 Å². The van der Waals surface area contributed by atoms with E-state index in [-0.39, 0.29) is 11.3 Å². The van der Waals surface area contributed by atoms with Gasteiger partial charge in [0.25, 0.3) is 5.91 Å². The van der Waals surface area contributed by atoms with Crippen LogP contribution in [0.4, 0.5) is 20.3 Å². The molecule has 6 nitrogen and oxygen atoms in total. The van der Waals surface area contributed by atoms with Crippen molar-refractivity contribution < 1.29 is 23.0 Å². The highest BCUT2D eigenvalue weighted by atomic mass is 19.2. The molecule has 2 N–H and O–H groups in total. The molecule has 150 valence electrons. The zero-order valence-corrected chi connectivity index (χ0v) is 15.6. The van der Waals surface area contributed by atoms with Crippen LogP contribution in [-0.2, 0) is 0 Å². The minimum atomic E-state index is -1.03. The van der Waals surface area contributed by atoms with Gasteiger partial charge in [0.2, 0.25) is 0 Å². The maximum Gasteiger partial charge on any atom is 0.257 e. The molecule has 0 aliphatic rings. The van der Waals surface area contributed by atoms with Crippen molar-refractivity contribution >= 4 is 17.4 Å². The lowest BCUT2D eigenvalue weighted by Crippen LogP contribution is -2.14. The van der Waals surface area contributed by atoms with E-state index in [1.165, 1.54) is 12.3 Å². The number of aromatic nitrogens is 1. The van der Waals surface area contributed by atoms with E-state index >= 15 is 0 Å². The number of carbonyl (C=O) groups excluding carboxylic acids is 1. The van der Waals surface area contributed by atoms with Crippen molar-refractivity contribution in [1.29, 1.82) is 0 Å². The van der Waals surface area contributed by atoms with E-state index in [0.717, 1.165) is 23.6 Å². The van der Waals surface area contributed by atoms with E-state index in [2.05, 4.69) is 15.6 Å². The van der Waals surface area contributed by atoms with Gasteiger partial charge >= 0.3 is 0 Å². The SMILES string of the molecule is COc1ccc(OCCNc2ccc(C(=O)Nc3ccc(F)c(F)c3)cn2)cc1. The number of pyridine rings is 1. The van der Waals surface area contributed by atoms with E-state index in [1.54, 1.807) is 19.2 Å². The number of benzene rings is 2. The Bertz CT molecular complexity index is 964. The van der Waals surface area contributed by atoms with Crippen LogP contribution >= 0.6 is 0 Å². The molecule has 1 amide bonds. The van der Waals surface area contributed by atoms with Gasteiger partial charge in [0.15, 0.2) is 11.6 Å². The van der Waals surface area contributed by atoms with Crippen molar-refractivity contribution in [3.63, 3.8) is 0 Å². The third-order valence-corrected chi connectivity index (χ3v) is 3.94. The monoisotopic (exact) mass is 399 g/mol. The van der Waals surface area contributed by atoms with Crippen molar-refractivity contribution in [3.05, 3.63) is 78.0 Å². The molecule has 0 saturated carbocycles. The molecule has 0 aliphatic carbocycles. The number of hydrogen-bond donors (Lipinski definition) is 2. The van der Waals surface area contributed by atoms with Crippen LogP contribution < -0.4 is 20.1 Å². The molecule has 29 heavy (non-hydrogen) atoms. The molecule has 0 atom stereocenters. The zero-order valence-electron chi connectivity index (χ0n) is 15.6. The van der Waals surface area contributed by atoms with Crippen molar-refractivity contribution in [3.8, 4) is 11.5 Å². The van der Waals surface area contributed by atoms with Gasteiger partial charge in [0, 0.05) is 18.0 Å².